The van der Waals surface area contributed by atoms with Gasteiger partial charge in [0.05, 0.1) is 33.2 Å². The van der Waals surface area contributed by atoms with Gasteiger partial charge in [-0.15, -0.1) is 0 Å². The normalized spacial score (nSPS) is 13.5. The molecule has 3 aliphatic rings. The molecule has 0 N–H and O–H groups in total. The van der Waals surface area contributed by atoms with Crippen molar-refractivity contribution >= 4 is 39.1 Å². The van der Waals surface area contributed by atoms with E-state index in [2.05, 4.69) is 185 Å². The van der Waals surface area contributed by atoms with E-state index in [1.807, 2.05) is 36.4 Å². The van der Waals surface area contributed by atoms with Crippen LogP contribution in [0.5, 0.6) is 11.5 Å². The fraction of sp³-hybridized carbons (Fsp3) is 0.0172. The van der Waals surface area contributed by atoms with Crippen molar-refractivity contribution in [2.75, 3.05) is 4.90 Å². The Hall–Kier alpha value is -8.61. The molecule has 11 aromatic rings. The number of ether oxygens (including phenoxy) is 1. The van der Waals surface area contributed by atoms with Gasteiger partial charge in [-0.3, -0.25) is 4.90 Å². The van der Waals surface area contributed by atoms with E-state index in [9.17, 15) is 0 Å². The van der Waals surface area contributed by atoms with E-state index >= 15 is 0 Å². The molecule has 1 aliphatic heterocycles. The van der Waals surface area contributed by atoms with Crippen molar-refractivity contribution < 1.29 is 4.74 Å². The van der Waals surface area contributed by atoms with Crippen LogP contribution in [0.1, 0.15) is 22.3 Å². The Labute approximate surface area is 369 Å². The van der Waals surface area contributed by atoms with Gasteiger partial charge >= 0.3 is 0 Å². The predicted octanol–water partition coefficient (Wildman–Crippen LogP) is 14.2. The van der Waals surface area contributed by atoms with Gasteiger partial charge in [0.25, 0.3) is 0 Å². The van der Waals surface area contributed by atoms with Gasteiger partial charge in [-0.1, -0.05) is 170 Å². The molecule has 298 valence electrons. The van der Waals surface area contributed by atoms with Crippen molar-refractivity contribution in [1.29, 1.82) is 0 Å². The van der Waals surface area contributed by atoms with Gasteiger partial charge in [0.1, 0.15) is 0 Å². The van der Waals surface area contributed by atoms with Crippen LogP contribution in [0.15, 0.2) is 212 Å². The van der Waals surface area contributed by atoms with E-state index in [0.717, 1.165) is 67.1 Å². The number of anilines is 3. The van der Waals surface area contributed by atoms with Crippen molar-refractivity contribution in [1.82, 2.24) is 19.5 Å². The summed E-state index contributed by atoms with van der Waals surface area (Å²) in [5, 5.41) is 2.12. The van der Waals surface area contributed by atoms with Gasteiger partial charge in [0.15, 0.2) is 23.1 Å². The highest BCUT2D eigenvalue weighted by Crippen LogP contribution is 2.64. The van der Waals surface area contributed by atoms with Gasteiger partial charge < -0.3 is 9.30 Å². The Bertz CT molecular complexity index is 3680. The van der Waals surface area contributed by atoms with Crippen LogP contribution < -0.4 is 9.64 Å². The minimum atomic E-state index is -0.500. The molecule has 0 atom stereocenters. The first-order valence-corrected chi connectivity index (χ1v) is 21.7. The predicted molar refractivity (Wildman–Crippen MR) is 256 cm³/mol. The molecule has 0 fully saturated rings. The van der Waals surface area contributed by atoms with Crippen LogP contribution in [-0.4, -0.2) is 19.5 Å². The molecule has 64 heavy (non-hydrogen) atoms. The minimum absolute atomic E-state index is 0.500. The molecule has 0 radical (unpaired) electrons. The maximum Gasteiger partial charge on any atom is 0.239 e. The first-order valence-electron chi connectivity index (χ1n) is 21.7. The SMILES string of the molecule is c1ccc(-c2nc(-c3cccc4c3-c3ccccc3C43c4ccccc4-c4ccccc43)nc(N3c4ccccc4Oc4c3ccc3c4c4ccccc4n3-c3ccccc3)n2)cc1. The Kier molecular flexibility index (Phi) is 7.22. The molecular formula is C58H35N5O. The zero-order valence-corrected chi connectivity index (χ0v) is 34.4. The lowest BCUT2D eigenvalue weighted by atomic mass is 9.70. The third-order valence-electron chi connectivity index (χ3n) is 13.5. The number of hydrogen-bond acceptors (Lipinski definition) is 5. The highest BCUT2D eigenvalue weighted by Gasteiger charge is 2.52. The summed E-state index contributed by atoms with van der Waals surface area (Å²) in [6.45, 7) is 0. The van der Waals surface area contributed by atoms with Crippen molar-refractivity contribution in [3.05, 3.63) is 235 Å². The topological polar surface area (TPSA) is 56.1 Å². The third kappa shape index (κ3) is 4.66. The van der Waals surface area contributed by atoms with Crippen LogP contribution in [0.4, 0.5) is 17.3 Å². The third-order valence-corrected chi connectivity index (χ3v) is 13.5. The molecule has 0 unspecified atom stereocenters. The van der Waals surface area contributed by atoms with Crippen molar-refractivity contribution in [3.63, 3.8) is 0 Å². The average molecular weight is 818 g/mol. The Morgan fingerprint density at radius 1 is 0.406 bits per heavy atom. The lowest BCUT2D eigenvalue weighted by Gasteiger charge is -2.32. The molecule has 2 aliphatic carbocycles. The number of benzene rings is 9. The second kappa shape index (κ2) is 13.2. The number of nitrogens with zero attached hydrogens (tertiary/aromatic N) is 5. The monoisotopic (exact) mass is 817 g/mol. The molecule has 9 aromatic carbocycles. The van der Waals surface area contributed by atoms with Gasteiger partial charge in [-0.05, 0) is 87.0 Å². The van der Waals surface area contributed by atoms with Crippen LogP contribution in [0.2, 0.25) is 0 Å². The number of fused-ring (bicyclic) bond motifs is 16. The molecule has 0 saturated carbocycles. The largest absolute Gasteiger partial charge is 0.452 e. The van der Waals surface area contributed by atoms with Crippen LogP contribution in [0.3, 0.4) is 0 Å². The molecule has 0 bridgehead atoms. The summed E-state index contributed by atoms with van der Waals surface area (Å²) in [5.74, 6) is 3.15. The van der Waals surface area contributed by atoms with Crippen LogP contribution in [0.25, 0.3) is 72.5 Å². The van der Waals surface area contributed by atoms with Gasteiger partial charge in [0.2, 0.25) is 5.95 Å². The summed E-state index contributed by atoms with van der Waals surface area (Å²) in [6.07, 6.45) is 0. The quantitative estimate of drug-likeness (QED) is 0.177. The maximum absolute atomic E-state index is 7.01. The first-order chi connectivity index (χ1) is 31.8. The molecule has 0 saturated heterocycles. The Balaban J connectivity index is 1.04. The second-order valence-corrected chi connectivity index (χ2v) is 16.7. The molecule has 6 heteroatoms. The second-order valence-electron chi connectivity index (χ2n) is 16.7. The van der Waals surface area contributed by atoms with E-state index in [-0.39, 0.29) is 0 Å². The van der Waals surface area contributed by atoms with Crippen LogP contribution in [0, 0.1) is 0 Å². The zero-order chi connectivity index (χ0) is 41.9. The lowest BCUT2D eigenvalue weighted by molar-refractivity contribution is 0.482. The molecule has 1 spiro atoms. The fourth-order valence-electron chi connectivity index (χ4n) is 11.0. The standard InChI is InChI=1S/C58H35N5O/c1-3-18-36(19-4-1)55-59-56(42-26-17-30-46-52(42)40-24-9-13-29-45(40)58(46)43-27-11-7-22-38(43)39-23-8-12-28-44(39)58)61-57(60-55)63-48-32-15-16-33-51(48)64-54-50(63)35-34-49-53(54)41-25-10-14-31-47(41)62(49)37-20-5-2-6-21-37/h1-35H. The van der Waals surface area contributed by atoms with Crippen molar-refractivity contribution in [3.8, 4) is 62.2 Å². The fourth-order valence-corrected chi connectivity index (χ4v) is 11.0. The molecule has 0 amide bonds. The van der Waals surface area contributed by atoms with E-state index in [4.69, 9.17) is 19.7 Å². The minimum Gasteiger partial charge on any atom is -0.452 e. The highest BCUT2D eigenvalue weighted by atomic mass is 16.5. The molecule has 2 aromatic heterocycles. The summed E-state index contributed by atoms with van der Waals surface area (Å²) in [7, 11) is 0. The lowest BCUT2D eigenvalue weighted by Crippen LogP contribution is -2.25. The average Bonchev–Trinajstić information content (AvgIpc) is 3.98. The summed E-state index contributed by atoms with van der Waals surface area (Å²) in [4.78, 5) is 18.4. The number of hydrogen-bond donors (Lipinski definition) is 0. The summed E-state index contributed by atoms with van der Waals surface area (Å²) >= 11 is 0. The first kappa shape index (κ1) is 35.0. The van der Waals surface area contributed by atoms with Gasteiger partial charge in [0, 0.05) is 22.2 Å². The van der Waals surface area contributed by atoms with E-state index in [1.54, 1.807) is 0 Å². The van der Waals surface area contributed by atoms with E-state index in [1.165, 1.54) is 38.9 Å². The van der Waals surface area contributed by atoms with Crippen molar-refractivity contribution in [2.24, 2.45) is 0 Å². The molecular weight excluding hydrogens is 783 g/mol. The number of aromatic nitrogens is 4. The van der Waals surface area contributed by atoms with Crippen molar-refractivity contribution in [2.45, 2.75) is 5.41 Å². The summed E-state index contributed by atoms with van der Waals surface area (Å²) in [6, 6.07) is 75.2. The van der Waals surface area contributed by atoms with Gasteiger partial charge in [-0.25, -0.2) is 4.98 Å². The number of para-hydroxylation sites is 4. The molecule has 14 rings (SSSR count). The maximum atomic E-state index is 7.01. The molecule has 3 heterocycles. The zero-order valence-electron chi connectivity index (χ0n) is 34.4. The van der Waals surface area contributed by atoms with E-state index < -0.39 is 5.41 Å². The summed E-state index contributed by atoms with van der Waals surface area (Å²) in [5.41, 5.74) is 16.2. The van der Waals surface area contributed by atoms with Gasteiger partial charge in [-0.2, -0.15) is 9.97 Å². The Morgan fingerprint density at radius 3 is 1.78 bits per heavy atom. The summed E-state index contributed by atoms with van der Waals surface area (Å²) < 4.78 is 9.33. The molecule has 6 nitrogen and oxygen atoms in total. The highest BCUT2D eigenvalue weighted by molar-refractivity contribution is 6.15. The number of rotatable bonds is 4. The Morgan fingerprint density at radius 2 is 1.00 bits per heavy atom. The van der Waals surface area contributed by atoms with Crippen LogP contribution >= 0.6 is 0 Å². The smallest absolute Gasteiger partial charge is 0.239 e. The van der Waals surface area contributed by atoms with Crippen LogP contribution in [-0.2, 0) is 5.41 Å². The van der Waals surface area contributed by atoms with E-state index in [0.29, 0.717) is 17.6 Å².